The SMILES string of the molecule is CCCNc1nc(-c2cccc([N+](=O)[O-])c2)nc(C)c1F. The van der Waals surface area contributed by atoms with E-state index < -0.39 is 10.7 Å². The lowest BCUT2D eigenvalue weighted by Gasteiger charge is -2.09. The van der Waals surface area contributed by atoms with Gasteiger partial charge in [-0.1, -0.05) is 19.1 Å². The van der Waals surface area contributed by atoms with Gasteiger partial charge in [0, 0.05) is 24.2 Å². The number of nitrogens with one attached hydrogen (secondary N) is 1. The Morgan fingerprint density at radius 2 is 2.14 bits per heavy atom. The monoisotopic (exact) mass is 290 g/mol. The van der Waals surface area contributed by atoms with E-state index in [0.29, 0.717) is 12.1 Å². The van der Waals surface area contributed by atoms with Gasteiger partial charge in [-0.05, 0) is 13.3 Å². The fourth-order valence-corrected chi connectivity index (χ4v) is 1.81. The number of rotatable bonds is 5. The summed E-state index contributed by atoms with van der Waals surface area (Å²) < 4.78 is 13.9. The number of nitro benzene ring substituents is 1. The molecule has 0 radical (unpaired) electrons. The molecule has 2 aromatic rings. The molecular weight excluding hydrogens is 275 g/mol. The molecule has 7 heteroatoms. The molecule has 21 heavy (non-hydrogen) atoms. The third-order valence-corrected chi connectivity index (χ3v) is 2.87. The molecule has 0 bridgehead atoms. The van der Waals surface area contributed by atoms with E-state index >= 15 is 0 Å². The first-order valence-corrected chi connectivity index (χ1v) is 6.55. The maximum absolute atomic E-state index is 13.9. The first kappa shape index (κ1) is 14.8. The minimum Gasteiger partial charge on any atom is -0.368 e. The number of hydrogen-bond acceptors (Lipinski definition) is 5. The Hall–Kier alpha value is -2.57. The lowest BCUT2D eigenvalue weighted by Crippen LogP contribution is -2.08. The minimum absolute atomic E-state index is 0.0545. The highest BCUT2D eigenvalue weighted by molar-refractivity contribution is 5.61. The highest BCUT2D eigenvalue weighted by Gasteiger charge is 2.14. The maximum Gasteiger partial charge on any atom is 0.270 e. The van der Waals surface area contributed by atoms with E-state index in [-0.39, 0.29) is 23.0 Å². The summed E-state index contributed by atoms with van der Waals surface area (Å²) in [6.07, 6.45) is 0.828. The number of benzene rings is 1. The summed E-state index contributed by atoms with van der Waals surface area (Å²) in [5.41, 5.74) is 0.623. The molecule has 0 aliphatic carbocycles. The van der Waals surface area contributed by atoms with Crippen molar-refractivity contribution >= 4 is 11.5 Å². The van der Waals surface area contributed by atoms with Crippen molar-refractivity contribution in [3.63, 3.8) is 0 Å². The van der Waals surface area contributed by atoms with Crippen LogP contribution < -0.4 is 5.32 Å². The number of aromatic nitrogens is 2. The van der Waals surface area contributed by atoms with E-state index in [1.165, 1.54) is 19.1 Å². The van der Waals surface area contributed by atoms with Crippen LogP contribution in [0.4, 0.5) is 15.9 Å². The standard InChI is InChI=1S/C14H15FN4O2/c1-3-7-16-14-12(15)9(2)17-13(18-14)10-5-4-6-11(8-10)19(20)21/h4-6,8H,3,7H2,1-2H3,(H,16,17,18). The average Bonchev–Trinajstić information content (AvgIpc) is 2.48. The van der Waals surface area contributed by atoms with Gasteiger partial charge in [0.25, 0.3) is 5.69 Å². The van der Waals surface area contributed by atoms with Crippen molar-refractivity contribution in [2.75, 3.05) is 11.9 Å². The fourth-order valence-electron chi connectivity index (χ4n) is 1.81. The number of non-ortho nitro benzene ring substituents is 1. The molecule has 6 nitrogen and oxygen atoms in total. The summed E-state index contributed by atoms with van der Waals surface area (Å²) in [5, 5.41) is 13.7. The summed E-state index contributed by atoms with van der Waals surface area (Å²) in [6, 6.07) is 5.96. The molecule has 0 atom stereocenters. The van der Waals surface area contributed by atoms with Crippen LogP contribution in [-0.4, -0.2) is 21.4 Å². The normalized spacial score (nSPS) is 10.4. The van der Waals surface area contributed by atoms with Crippen molar-refractivity contribution < 1.29 is 9.31 Å². The first-order chi connectivity index (χ1) is 10.0. The van der Waals surface area contributed by atoms with Crippen LogP contribution in [0.15, 0.2) is 24.3 Å². The van der Waals surface area contributed by atoms with Crippen LogP contribution in [0.2, 0.25) is 0 Å². The van der Waals surface area contributed by atoms with Gasteiger partial charge in [-0.3, -0.25) is 10.1 Å². The molecule has 2 rings (SSSR count). The van der Waals surface area contributed by atoms with Crippen LogP contribution >= 0.6 is 0 Å². The van der Waals surface area contributed by atoms with Gasteiger partial charge in [0.05, 0.1) is 10.6 Å². The van der Waals surface area contributed by atoms with Crippen LogP contribution in [-0.2, 0) is 0 Å². The van der Waals surface area contributed by atoms with Gasteiger partial charge in [-0.25, -0.2) is 14.4 Å². The average molecular weight is 290 g/mol. The van der Waals surface area contributed by atoms with Gasteiger partial charge >= 0.3 is 0 Å². The Morgan fingerprint density at radius 1 is 1.38 bits per heavy atom. The van der Waals surface area contributed by atoms with Crippen molar-refractivity contribution in [2.45, 2.75) is 20.3 Å². The highest BCUT2D eigenvalue weighted by Crippen LogP contribution is 2.24. The third-order valence-electron chi connectivity index (χ3n) is 2.87. The van der Waals surface area contributed by atoms with Crippen molar-refractivity contribution in [2.24, 2.45) is 0 Å². The second-order valence-corrected chi connectivity index (χ2v) is 4.53. The topological polar surface area (TPSA) is 81.0 Å². The number of hydrogen-bond donors (Lipinski definition) is 1. The van der Waals surface area contributed by atoms with Crippen LogP contribution in [0.25, 0.3) is 11.4 Å². The second kappa shape index (κ2) is 6.25. The van der Waals surface area contributed by atoms with Gasteiger partial charge in [-0.2, -0.15) is 0 Å². The fraction of sp³-hybridized carbons (Fsp3) is 0.286. The zero-order valence-electron chi connectivity index (χ0n) is 11.8. The first-order valence-electron chi connectivity index (χ1n) is 6.55. The Kier molecular flexibility index (Phi) is 4.42. The summed E-state index contributed by atoms with van der Waals surface area (Å²) in [7, 11) is 0. The van der Waals surface area contributed by atoms with E-state index in [0.717, 1.165) is 6.42 Å². The number of anilines is 1. The molecule has 1 heterocycles. The molecule has 0 saturated carbocycles. The van der Waals surface area contributed by atoms with Crippen LogP contribution in [0.1, 0.15) is 19.0 Å². The summed E-state index contributed by atoms with van der Waals surface area (Å²) in [6.45, 7) is 4.08. The van der Waals surface area contributed by atoms with E-state index in [9.17, 15) is 14.5 Å². The summed E-state index contributed by atoms with van der Waals surface area (Å²) >= 11 is 0. The number of nitrogens with zero attached hydrogens (tertiary/aromatic N) is 3. The van der Waals surface area contributed by atoms with Crippen molar-refractivity contribution in [3.8, 4) is 11.4 Å². The van der Waals surface area contributed by atoms with Gasteiger partial charge in [0.2, 0.25) is 0 Å². The molecule has 1 aromatic carbocycles. The Morgan fingerprint density at radius 3 is 2.81 bits per heavy atom. The molecule has 0 aliphatic rings. The van der Waals surface area contributed by atoms with E-state index in [4.69, 9.17) is 0 Å². The van der Waals surface area contributed by atoms with Crippen molar-refractivity contribution in [3.05, 3.63) is 45.9 Å². The number of halogens is 1. The molecule has 0 aliphatic heterocycles. The lowest BCUT2D eigenvalue weighted by atomic mass is 10.2. The van der Waals surface area contributed by atoms with Gasteiger partial charge < -0.3 is 5.32 Å². The van der Waals surface area contributed by atoms with Crippen LogP contribution in [0, 0.1) is 22.9 Å². The van der Waals surface area contributed by atoms with Crippen molar-refractivity contribution in [1.29, 1.82) is 0 Å². The van der Waals surface area contributed by atoms with Gasteiger partial charge in [0.1, 0.15) is 0 Å². The Bertz CT molecular complexity index is 676. The predicted octanol–water partition coefficient (Wildman–Crippen LogP) is 3.32. The van der Waals surface area contributed by atoms with Crippen LogP contribution in [0.5, 0.6) is 0 Å². The minimum atomic E-state index is -0.502. The van der Waals surface area contributed by atoms with Gasteiger partial charge in [0.15, 0.2) is 17.5 Å². The zero-order chi connectivity index (χ0) is 15.4. The molecule has 0 unspecified atom stereocenters. The maximum atomic E-state index is 13.9. The molecule has 0 saturated heterocycles. The number of aryl methyl sites for hydroxylation is 1. The quantitative estimate of drug-likeness (QED) is 0.674. The molecule has 0 spiro atoms. The molecule has 1 aromatic heterocycles. The number of nitro groups is 1. The van der Waals surface area contributed by atoms with E-state index in [2.05, 4.69) is 15.3 Å². The molecule has 0 amide bonds. The van der Waals surface area contributed by atoms with Crippen LogP contribution in [0.3, 0.4) is 0 Å². The molecular formula is C14H15FN4O2. The Balaban J connectivity index is 2.46. The smallest absolute Gasteiger partial charge is 0.270 e. The van der Waals surface area contributed by atoms with E-state index in [1.54, 1.807) is 12.1 Å². The predicted molar refractivity (Wildman–Crippen MR) is 77.6 cm³/mol. The van der Waals surface area contributed by atoms with Gasteiger partial charge in [-0.15, -0.1) is 0 Å². The molecule has 110 valence electrons. The zero-order valence-corrected chi connectivity index (χ0v) is 11.8. The lowest BCUT2D eigenvalue weighted by molar-refractivity contribution is -0.384. The third kappa shape index (κ3) is 3.31. The summed E-state index contributed by atoms with van der Waals surface area (Å²) in [5.74, 6) is -0.125. The summed E-state index contributed by atoms with van der Waals surface area (Å²) in [4.78, 5) is 18.5. The highest BCUT2D eigenvalue weighted by atomic mass is 19.1. The molecule has 0 fully saturated rings. The largest absolute Gasteiger partial charge is 0.368 e. The van der Waals surface area contributed by atoms with Crippen molar-refractivity contribution in [1.82, 2.24) is 9.97 Å². The van der Waals surface area contributed by atoms with E-state index in [1.807, 2.05) is 6.92 Å². The second-order valence-electron chi connectivity index (χ2n) is 4.53. The Labute approximate surface area is 121 Å². The molecule has 1 N–H and O–H groups in total.